The number of ether oxygens (including phenoxy) is 2. The molecule has 4 aromatic rings. The van der Waals surface area contributed by atoms with Gasteiger partial charge < -0.3 is 13.9 Å². The molecule has 2 aromatic carbocycles. The number of benzene rings is 2. The van der Waals surface area contributed by atoms with Crippen LogP contribution in [0.4, 0.5) is 0 Å². The number of rotatable bonds is 5. The number of thiazole rings is 1. The second kappa shape index (κ2) is 10.3. The average Bonchev–Trinajstić information content (AvgIpc) is 3.52. The molecular weight excluding hydrogens is 528 g/mol. The van der Waals surface area contributed by atoms with E-state index in [-0.39, 0.29) is 16.1 Å². The Morgan fingerprint density at radius 2 is 1.79 bits per heavy atom. The van der Waals surface area contributed by atoms with Crippen LogP contribution in [0.2, 0.25) is 5.02 Å². The Balaban J connectivity index is 1.60. The van der Waals surface area contributed by atoms with Crippen molar-refractivity contribution < 1.29 is 23.5 Å². The number of hydrogen-bond acceptors (Lipinski definition) is 8. The molecule has 0 saturated heterocycles. The summed E-state index contributed by atoms with van der Waals surface area (Å²) in [7, 11) is 2.59. The third kappa shape index (κ3) is 4.51. The van der Waals surface area contributed by atoms with Crippen molar-refractivity contribution in [1.29, 1.82) is 0 Å². The molecule has 1 unspecified atom stereocenters. The van der Waals surface area contributed by atoms with Crippen LogP contribution in [0.25, 0.3) is 17.4 Å². The first-order valence-corrected chi connectivity index (χ1v) is 12.7. The molecule has 2 aromatic heterocycles. The van der Waals surface area contributed by atoms with E-state index in [1.807, 2.05) is 30.3 Å². The number of hydrogen-bond donors (Lipinski definition) is 0. The van der Waals surface area contributed by atoms with Crippen molar-refractivity contribution in [3.63, 3.8) is 0 Å². The Morgan fingerprint density at radius 3 is 2.50 bits per heavy atom. The maximum atomic E-state index is 13.6. The first kappa shape index (κ1) is 25.4. The van der Waals surface area contributed by atoms with E-state index in [9.17, 15) is 14.4 Å². The predicted octanol–water partition coefficient (Wildman–Crippen LogP) is 4.11. The largest absolute Gasteiger partial charge is 0.466 e. The minimum Gasteiger partial charge on any atom is -0.466 e. The lowest BCUT2D eigenvalue weighted by Crippen LogP contribution is -2.39. The van der Waals surface area contributed by atoms with Gasteiger partial charge in [0.2, 0.25) is 0 Å². The maximum absolute atomic E-state index is 13.6. The summed E-state index contributed by atoms with van der Waals surface area (Å²) >= 11 is 7.33. The zero-order valence-electron chi connectivity index (χ0n) is 20.6. The lowest BCUT2D eigenvalue weighted by molar-refractivity contribution is -0.136. The molecule has 10 heteroatoms. The lowest BCUT2D eigenvalue weighted by Gasteiger charge is -2.24. The van der Waals surface area contributed by atoms with Crippen LogP contribution in [0.1, 0.15) is 34.6 Å². The molecule has 0 aliphatic carbocycles. The summed E-state index contributed by atoms with van der Waals surface area (Å²) in [5.41, 5.74) is 2.09. The second-order valence-electron chi connectivity index (χ2n) is 8.37. The number of aromatic nitrogens is 1. The zero-order chi connectivity index (χ0) is 27.0. The van der Waals surface area contributed by atoms with Gasteiger partial charge in [-0.1, -0.05) is 53.3 Å². The van der Waals surface area contributed by atoms with E-state index in [0.29, 0.717) is 37.7 Å². The average molecular weight is 549 g/mol. The number of carbonyl (C=O) groups is 2. The molecule has 0 N–H and O–H groups in total. The van der Waals surface area contributed by atoms with Crippen molar-refractivity contribution in [2.24, 2.45) is 4.99 Å². The highest BCUT2D eigenvalue weighted by Gasteiger charge is 2.33. The molecule has 0 fully saturated rings. The molecule has 1 aliphatic rings. The van der Waals surface area contributed by atoms with Crippen LogP contribution in [0.15, 0.2) is 86.1 Å². The van der Waals surface area contributed by atoms with Gasteiger partial charge in [-0.25, -0.2) is 14.6 Å². The highest BCUT2D eigenvalue weighted by Crippen LogP contribution is 2.31. The standard InChI is InChI=1S/C28H21ClN2O6S/c1-15-23(27(34)36-3)24(16-7-5-4-6-8-16)31-25(32)22(38-28(31)30-15)14-18-10-12-21(37-18)17-9-11-20(29)19(13-17)26(33)35-2/h4-14,24H,1-3H3. The van der Waals surface area contributed by atoms with E-state index >= 15 is 0 Å². The highest BCUT2D eigenvalue weighted by atomic mass is 35.5. The third-order valence-corrected chi connectivity index (χ3v) is 7.41. The second-order valence-corrected chi connectivity index (χ2v) is 9.79. The van der Waals surface area contributed by atoms with Gasteiger partial charge in [0, 0.05) is 11.6 Å². The van der Waals surface area contributed by atoms with Crippen molar-refractivity contribution in [1.82, 2.24) is 4.57 Å². The zero-order valence-corrected chi connectivity index (χ0v) is 22.1. The molecular formula is C28H21ClN2O6S. The van der Waals surface area contributed by atoms with Crippen LogP contribution in [-0.2, 0) is 14.3 Å². The Morgan fingerprint density at radius 1 is 1.05 bits per heavy atom. The molecule has 1 atom stereocenters. The van der Waals surface area contributed by atoms with E-state index in [1.54, 1.807) is 43.3 Å². The Bertz CT molecular complexity index is 1780. The summed E-state index contributed by atoms with van der Waals surface area (Å²) < 4.78 is 17.7. The molecule has 5 rings (SSSR count). The number of methoxy groups -OCH3 is 2. The van der Waals surface area contributed by atoms with Crippen molar-refractivity contribution in [2.45, 2.75) is 13.0 Å². The van der Waals surface area contributed by atoms with Crippen LogP contribution in [0.3, 0.4) is 0 Å². The fourth-order valence-electron chi connectivity index (χ4n) is 4.30. The number of nitrogens with zero attached hydrogens (tertiary/aromatic N) is 2. The Hall–Kier alpha value is -4.21. The summed E-state index contributed by atoms with van der Waals surface area (Å²) in [4.78, 5) is 43.4. The minimum absolute atomic E-state index is 0.218. The highest BCUT2D eigenvalue weighted by molar-refractivity contribution is 7.07. The molecule has 38 heavy (non-hydrogen) atoms. The van der Waals surface area contributed by atoms with Crippen LogP contribution < -0.4 is 14.9 Å². The molecule has 0 amide bonds. The number of carbonyl (C=O) groups excluding carboxylic acids is 2. The van der Waals surface area contributed by atoms with E-state index in [1.165, 1.54) is 30.1 Å². The predicted molar refractivity (Wildman–Crippen MR) is 143 cm³/mol. The normalized spacial score (nSPS) is 15.2. The van der Waals surface area contributed by atoms with Crippen LogP contribution >= 0.6 is 22.9 Å². The van der Waals surface area contributed by atoms with Gasteiger partial charge in [-0.15, -0.1) is 0 Å². The lowest BCUT2D eigenvalue weighted by atomic mass is 9.96. The van der Waals surface area contributed by atoms with Crippen LogP contribution in [0.5, 0.6) is 0 Å². The number of fused-ring (bicyclic) bond motifs is 1. The number of allylic oxidation sites excluding steroid dienone is 1. The molecule has 0 bridgehead atoms. The fraction of sp³-hybridized carbons (Fsp3) is 0.143. The van der Waals surface area contributed by atoms with E-state index < -0.39 is 18.0 Å². The Labute approximate surface area is 225 Å². The maximum Gasteiger partial charge on any atom is 0.339 e. The summed E-state index contributed by atoms with van der Waals surface area (Å²) in [6.45, 7) is 1.73. The SMILES string of the molecule is COC(=O)C1=C(C)N=c2sc(=Cc3ccc(-c4ccc(Cl)c(C(=O)OC)c4)o3)c(=O)n2C1c1ccccc1. The number of furan rings is 1. The monoisotopic (exact) mass is 548 g/mol. The smallest absolute Gasteiger partial charge is 0.339 e. The van der Waals surface area contributed by atoms with Gasteiger partial charge in [0.15, 0.2) is 4.80 Å². The molecule has 0 spiro atoms. The summed E-state index contributed by atoms with van der Waals surface area (Å²) in [6.07, 6.45) is 1.63. The minimum atomic E-state index is -0.681. The first-order valence-electron chi connectivity index (χ1n) is 11.5. The summed E-state index contributed by atoms with van der Waals surface area (Å²) in [5.74, 6) is -0.185. The number of halogens is 1. The third-order valence-electron chi connectivity index (χ3n) is 6.10. The molecule has 0 saturated carbocycles. The summed E-state index contributed by atoms with van der Waals surface area (Å²) in [6, 6.07) is 17.0. The molecule has 8 nitrogen and oxygen atoms in total. The molecule has 192 valence electrons. The van der Waals surface area contributed by atoms with Gasteiger partial charge in [-0.2, -0.15) is 0 Å². The Kier molecular flexibility index (Phi) is 6.88. The van der Waals surface area contributed by atoms with Gasteiger partial charge in [0.25, 0.3) is 5.56 Å². The summed E-state index contributed by atoms with van der Waals surface area (Å²) in [5, 5.41) is 0.267. The van der Waals surface area contributed by atoms with Gasteiger partial charge in [-0.05, 0) is 42.8 Å². The van der Waals surface area contributed by atoms with Crippen LogP contribution in [-0.4, -0.2) is 30.7 Å². The first-order chi connectivity index (χ1) is 18.3. The molecule has 0 radical (unpaired) electrons. The van der Waals surface area contributed by atoms with Crippen molar-refractivity contribution in [3.8, 4) is 11.3 Å². The van der Waals surface area contributed by atoms with Crippen molar-refractivity contribution in [3.05, 3.63) is 114 Å². The van der Waals surface area contributed by atoms with Gasteiger partial charge in [0.1, 0.15) is 11.5 Å². The molecule has 1 aliphatic heterocycles. The van der Waals surface area contributed by atoms with Gasteiger partial charge in [0.05, 0.1) is 46.7 Å². The quantitative estimate of drug-likeness (QED) is 0.348. The van der Waals surface area contributed by atoms with Gasteiger partial charge >= 0.3 is 11.9 Å². The van der Waals surface area contributed by atoms with Crippen molar-refractivity contribution in [2.75, 3.05) is 14.2 Å². The number of esters is 2. The van der Waals surface area contributed by atoms with Gasteiger partial charge in [-0.3, -0.25) is 9.36 Å². The topological polar surface area (TPSA) is 100 Å². The van der Waals surface area contributed by atoms with E-state index in [4.69, 9.17) is 25.5 Å². The van der Waals surface area contributed by atoms with Crippen molar-refractivity contribution >= 4 is 41.0 Å². The van der Waals surface area contributed by atoms with E-state index in [2.05, 4.69) is 4.99 Å². The molecule has 3 heterocycles. The fourth-order valence-corrected chi connectivity index (χ4v) is 5.52. The van der Waals surface area contributed by atoms with E-state index in [0.717, 1.165) is 5.56 Å². The van der Waals surface area contributed by atoms with Crippen LogP contribution in [0, 0.1) is 0 Å².